The van der Waals surface area contributed by atoms with E-state index in [-0.39, 0.29) is 5.54 Å². The molecular formula is C21H39N7O. The van der Waals surface area contributed by atoms with Crippen molar-refractivity contribution in [3.05, 3.63) is 12.2 Å². The Morgan fingerprint density at radius 1 is 1.24 bits per heavy atom. The Morgan fingerprint density at radius 3 is 2.72 bits per heavy atom. The molecule has 1 aromatic rings. The summed E-state index contributed by atoms with van der Waals surface area (Å²) in [6, 6.07) is 0.530. The summed E-state index contributed by atoms with van der Waals surface area (Å²) in [7, 11) is 0. The van der Waals surface area contributed by atoms with Crippen molar-refractivity contribution < 1.29 is 4.74 Å². The van der Waals surface area contributed by atoms with E-state index in [9.17, 15) is 0 Å². The summed E-state index contributed by atoms with van der Waals surface area (Å²) in [4.78, 5) is 7.49. The van der Waals surface area contributed by atoms with Gasteiger partial charge in [0.1, 0.15) is 12.2 Å². The average Bonchev–Trinajstić information content (AvgIpc) is 3.21. The molecule has 1 saturated heterocycles. The maximum atomic E-state index is 5.51. The Kier molecular flexibility index (Phi) is 8.29. The van der Waals surface area contributed by atoms with Crippen molar-refractivity contribution in [3.8, 4) is 0 Å². The highest BCUT2D eigenvalue weighted by atomic mass is 16.5. The number of morpholine rings is 1. The molecule has 164 valence electrons. The first kappa shape index (κ1) is 22.0. The number of hydrogen-bond acceptors (Lipinski definition) is 5. The fourth-order valence-corrected chi connectivity index (χ4v) is 4.17. The van der Waals surface area contributed by atoms with Gasteiger partial charge in [0, 0.05) is 44.2 Å². The fraction of sp³-hybridized carbons (Fsp3) is 0.857. The van der Waals surface area contributed by atoms with Gasteiger partial charge in [-0.05, 0) is 26.7 Å². The lowest BCUT2D eigenvalue weighted by molar-refractivity contribution is -0.00684. The van der Waals surface area contributed by atoms with Crippen LogP contribution in [0.15, 0.2) is 11.3 Å². The largest absolute Gasteiger partial charge is 0.379 e. The predicted octanol–water partition coefficient (Wildman–Crippen LogP) is 1.82. The minimum absolute atomic E-state index is 0.0224. The van der Waals surface area contributed by atoms with Crippen LogP contribution in [0.1, 0.15) is 58.7 Å². The molecule has 3 rings (SSSR count). The number of rotatable bonds is 8. The van der Waals surface area contributed by atoms with E-state index in [2.05, 4.69) is 51.1 Å². The van der Waals surface area contributed by atoms with Gasteiger partial charge in [-0.1, -0.05) is 26.2 Å². The number of ether oxygens (including phenoxy) is 1. The van der Waals surface area contributed by atoms with Gasteiger partial charge in [-0.2, -0.15) is 0 Å². The van der Waals surface area contributed by atoms with Gasteiger partial charge in [0.2, 0.25) is 0 Å². The van der Waals surface area contributed by atoms with Crippen LogP contribution in [-0.4, -0.2) is 76.6 Å². The molecule has 29 heavy (non-hydrogen) atoms. The molecule has 0 bridgehead atoms. The summed E-state index contributed by atoms with van der Waals surface area (Å²) >= 11 is 0. The Labute approximate surface area is 175 Å². The number of guanidine groups is 1. The molecule has 2 aliphatic rings. The lowest BCUT2D eigenvalue weighted by Crippen LogP contribution is -2.52. The Morgan fingerprint density at radius 2 is 2.00 bits per heavy atom. The second kappa shape index (κ2) is 10.9. The maximum Gasteiger partial charge on any atom is 0.191 e. The molecule has 0 atom stereocenters. The smallest absolute Gasteiger partial charge is 0.191 e. The van der Waals surface area contributed by atoms with Crippen molar-refractivity contribution in [1.82, 2.24) is 30.3 Å². The van der Waals surface area contributed by atoms with Crippen LogP contribution in [0.2, 0.25) is 0 Å². The molecule has 1 aliphatic carbocycles. The van der Waals surface area contributed by atoms with Crippen molar-refractivity contribution >= 4 is 5.96 Å². The van der Waals surface area contributed by atoms with Crippen LogP contribution in [0.3, 0.4) is 0 Å². The van der Waals surface area contributed by atoms with Crippen LogP contribution >= 0.6 is 0 Å². The lowest BCUT2D eigenvalue weighted by Gasteiger charge is -2.40. The number of hydrogen-bond donors (Lipinski definition) is 2. The average molecular weight is 406 g/mol. The van der Waals surface area contributed by atoms with Crippen LogP contribution in [0, 0.1) is 0 Å². The minimum atomic E-state index is 0.0224. The fourth-order valence-electron chi connectivity index (χ4n) is 4.17. The third kappa shape index (κ3) is 6.67. The lowest BCUT2D eigenvalue weighted by atomic mass is 9.96. The number of aliphatic imine (C=N–C) groups is 1. The van der Waals surface area contributed by atoms with E-state index in [4.69, 9.17) is 9.73 Å². The van der Waals surface area contributed by atoms with Crippen molar-refractivity contribution in [2.24, 2.45) is 4.99 Å². The van der Waals surface area contributed by atoms with E-state index in [1.54, 1.807) is 0 Å². The van der Waals surface area contributed by atoms with Gasteiger partial charge in [0.25, 0.3) is 0 Å². The van der Waals surface area contributed by atoms with E-state index in [1.165, 1.54) is 32.1 Å². The highest BCUT2D eigenvalue weighted by Crippen LogP contribution is 2.18. The zero-order valence-electron chi connectivity index (χ0n) is 18.5. The quantitative estimate of drug-likeness (QED) is 0.507. The van der Waals surface area contributed by atoms with Crippen LogP contribution in [-0.2, 0) is 17.7 Å². The van der Waals surface area contributed by atoms with E-state index < -0.39 is 0 Å². The third-order valence-corrected chi connectivity index (χ3v) is 6.09. The van der Waals surface area contributed by atoms with E-state index in [1.807, 2.05) is 6.33 Å². The molecule has 0 aromatic carbocycles. The zero-order chi connectivity index (χ0) is 20.5. The zero-order valence-corrected chi connectivity index (χ0v) is 18.5. The first-order chi connectivity index (χ1) is 14.1. The molecule has 2 heterocycles. The maximum absolute atomic E-state index is 5.51. The summed E-state index contributed by atoms with van der Waals surface area (Å²) in [5, 5.41) is 15.4. The number of aromatic nitrogens is 3. The first-order valence-corrected chi connectivity index (χ1v) is 11.3. The SMILES string of the molecule is CCc1nncn1CCNC(=NCC(C)(C)N1CCOCC1)NC1CCCCC1. The van der Waals surface area contributed by atoms with E-state index in [0.717, 1.165) is 64.1 Å². The highest BCUT2D eigenvalue weighted by molar-refractivity contribution is 5.80. The monoisotopic (exact) mass is 405 g/mol. The molecule has 1 saturated carbocycles. The molecule has 8 heteroatoms. The van der Waals surface area contributed by atoms with Crippen LogP contribution < -0.4 is 10.6 Å². The number of aryl methyl sites for hydroxylation is 1. The van der Waals surface area contributed by atoms with Crippen molar-refractivity contribution in [2.75, 3.05) is 39.4 Å². The Bertz CT molecular complexity index is 631. The normalized spacial score (nSPS) is 20.0. The van der Waals surface area contributed by atoms with Gasteiger partial charge in [-0.15, -0.1) is 10.2 Å². The van der Waals surface area contributed by atoms with Crippen molar-refractivity contribution in [1.29, 1.82) is 0 Å². The van der Waals surface area contributed by atoms with Gasteiger partial charge < -0.3 is 19.9 Å². The van der Waals surface area contributed by atoms with Gasteiger partial charge in [-0.3, -0.25) is 9.89 Å². The molecule has 0 spiro atoms. The Hall–Kier alpha value is -1.67. The van der Waals surface area contributed by atoms with Gasteiger partial charge in [0.15, 0.2) is 5.96 Å². The van der Waals surface area contributed by atoms with E-state index >= 15 is 0 Å². The van der Waals surface area contributed by atoms with Crippen LogP contribution in [0.5, 0.6) is 0 Å². The molecule has 0 amide bonds. The predicted molar refractivity (Wildman–Crippen MR) is 116 cm³/mol. The minimum Gasteiger partial charge on any atom is -0.379 e. The number of nitrogens with one attached hydrogen (secondary N) is 2. The van der Waals surface area contributed by atoms with Crippen molar-refractivity contribution in [3.63, 3.8) is 0 Å². The summed E-state index contributed by atoms with van der Waals surface area (Å²) in [5.74, 6) is 1.96. The highest BCUT2D eigenvalue weighted by Gasteiger charge is 2.28. The second-order valence-electron chi connectivity index (χ2n) is 8.78. The molecule has 8 nitrogen and oxygen atoms in total. The van der Waals surface area contributed by atoms with Crippen molar-refractivity contribution in [2.45, 2.75) is 77.4 Å². The van der Waals surface area contributed by atoms with Crippen LogP contribution in [0.4, 0.5) is 0 Å². The summed E-state index contributed by atoms with van der Waals surface area (Å²) in [6.45, 7) is 12.7. The molecule has 2 N–H and O–H groups in total. The molecule has 0 unspecified atom stereocenters. The summed E-state index contributed by atoms with van der Waals surface area (Å²) in [5.41, 5.74) is 0.0224. The van der Waals surface area contributed by atoms with E-state index in [0.29, 0.717) is 6.04 Å². The number of nitrogens with zero attached hydrogens (tertiary/aromatic N) is 5. The second-order valence-corrected chi connectivity index (χ2v) is 8.78. The Balaban J connectivity index is 1.58. The standard InChI is InChI=1S/C21H39N7O/c1-4-19-26-24-17-27(19)11-10-22-20(25-18-8-6-5-7-9-18)23-16-21(2,3)28-12-14-29-15-13-28/h17-18H,4-16H2,1-3H3,(H2,22,23,25). The van der Waals surface area contributed by atoms with Crippen LogP contribution in [0.25, 0.3) is 0 Å². The van der Waals surface area contributed by atoms with Gasteiger partial charge >= 0.3 is 0 Å². The first-order valence-electron chi connectivity index (χ1n) is 11.3. The van der Waals surface area contributed by atoms with Gasteiger partial charge in [0.05, 0.1) is 19.8 Å². The molecule has 0 radical (unpaired) electrons. The third-order valence-electron chi connectivity index (χ3n) is 6.09. The van der Waals surface area contributed by atoms with Gasteiger partial charge in [-0.25, -0.2) is 0 Å². The summed E-state index contributed by atoms with van der Waals surface area (Å²) in [6.07, 6.45) is 9.16. The molecule has 1 aromatic heterocycles. The topological polar surface area (TPSA) is 79.6 Å². The molecule has 1 aliphatic heterocycles. The summed E-state index contributed by atoms with van der Waals surface area (Å²) < 4.78 is 7.63. The molecule has 2 fully saturated rings. The molecular weight excluding hydrogens is 366 g/mol.